The number of para-hydroxylation sites is 1. The standard InChI is InChI=1S/C16H19F3N2O4S/c17-16(18,19)14-11-21(5-8-25-14)15(22)12-3-1-2-4-13(12)20-6-9-26(23,24)10-7-20/h1-4,14H,5-11H2/t14-/m0/s1. The van der Waals surface area contributed by atoms with E-state index in [-0.39, 0.29) is 43.3 Å². The summed E-state index contributed by atoms with van der Waals surface area (Å²) in [6.07, 6.45) is -6.52. The zero-order chi connectivity index (χ0) is 18.9. The topological polar surface area (TPSA) is 66.9 Å². The van der Waals surface area contributed by atoms with Gasteiger partial charge in [-0.1, -0.05) is 12.1 Å². The number of nitrogens with zero attached hydrogens (tertiary/aromatic N) is 2. The van der Waals surface area contributed by atoms with Gasteiger partial charge in [0.15, 0.2) is 15.9 Å². The number of hydrogen-bond donors (Lipinski definition) is 0. The van der Waals surface area contributed by atoms with Gasteiger partial charge in [0.1, 0.15) is 0 Å². The fourth-order valence-electron chi connectivity index (χ4n) is 3.09. The average molecular weight is 392 g/mol. The summed E-state index contributed by atoms with van der Waals surface area (Å²) in [6, 6.07) is 6.60. The molecular weight excluding hydrogens is 373 g/mol. The molecule has 26 heavy (non-hydrogen) atoms. The number of anilines is 1. The summed E-state index contributed by atoms with van der Waals surface area (Å²) >= 11 is 0. The lowest BCUT2D eigenvalue weighted by Crippen LogP contribution is -2.51. The first-order valence-corrected chi connectivity index (χ1v) is 10.0. The van der Waals surface area contributed by atoms with Crippen LogP contribution in [0.25, 0.3) is 0 Å². The number of sulfone groups is 1. The number of morpholine rings is 1. The number of alkyl halides is 3. The first-order valence-electron chi connectivity index (χ1n) is 8.19. The van der Waals surface area contributed by atoms with Gasteiger partial charge in [-0.05, 0) is 12.1 Å². The van der Waals surface area contributed by atoms with E-state index in [0.717, 1.165) is 4.90 Å². The van der Waals surface area contributed by atoms with E-state index in [1.165, 1.54) is 0 Å². The number of rotatable bonds is 2. The third-order valence-electron chi connectivity index (χ3n) is 4.54. The van der Waals surface area contributed by atoms with Crippen LogP contribution in [0.4, 0.5) is 18.9 Å². The van der Waals surface area contributed by atoms with Gasteiger partial charge in [-0.25, -0.2) is 8.42 Å². The number of amides is 1. The molecule has 1 amide bonds. The van der Waals surface area contributed by atoms with Crippen molar-refractivity contribution in [3.63, 3.8) is 0 Å². The zero-order valence-electron chi connectivity index (χ0n) is 13.9. The van der Waals surface area contributed by atoms with Crippen LogP contribution >= 0.6 is 0 Å². The highest BCUT2D eigenvalue weighted by molar-refractivity contribution is 7.91. The molecule has 0 N–H and O–H groups in total. The lowest BCUT2D eigenvalue weighted by atomic mass is 10.1. The van der Waals surface area contributed by atoms with Gasteiger partial charge in [-0.15, -0.1) is 0 Å². The van der Waals surface area contributed by atoms with Crippen LogP contribution in [0, 0.1) is 0 Å². The van der Waals surface area contributed by atoms with Crippen LogP contribution < -0.4 is 4.90 Å². The highest BCUT2D eigenvalue weighted by atomic mass is 32.2. The molecule has 2 fully saturated rings. The molecular formula is C16H19F3N2O4S. The molecule has 2 aliphatic heterocycles. The molecule has 10 heteroatoms. The Morgan fingerprint density at radius 3 is 2.42 bits per heavy atom. The van der Waals surface area contributed by atoms with Crippen LogP contribution in [0.1, 0.15) is 10.4 Å². The third kappa shape index (κ3) is 4.12. The predicted octanol–water partition coefficient (Wildman–Crippen LogP) is 1.32. The molecule has 1 aromatic carbocycles. The number of halogens is 3. The normalized spacial score (nSPS) is 23.7. The summed E-state index contributed by atoms with van der Waals surface area (Å²) in [7, 11) is -3.08. The van der Waals surface area contributed by atoms with Gasteiger partial charge in [0.2, 0.25) is 0 Å². The predicted molar refractivity (Wildman–Crippen MR) is 89.0 cm³/mol. The SMILES string of the molecule is O=C(c1ccccc1N1CCS(=O)(=O)CC1)N1CCO[C@H](C(F)(F)F)C1. The Hall–Kier alpha value is -1.81. The Kier molecular flexibility index (Phi) is 5.16. The summed E-state index contributed by atoms with van der Waals surface area (Å²) in [5.41, 5.74) is 0.817. The summed E-state index contributed by atoms with van der Waals surface area (Å²) in [5.74, 6) is -0.529. The van der Waals surface area contributed by atoms with E-state index in [0.29, 0.717) is 5.69 Å². The number of hydrogen-bond acceptors (Lipinski definition) is 5. The molecule has 2 heterocycles. The van der Waals surface area contributed by atoms with E-state index in [4.69, 9.17) is 4.74 Å². The zero-order valence-corrected chi connectivity index (χ0v) is 14.7. The highest BCUT2D eigenvalue weighted by Crippen LogP contribution is 2.28. The molecule has 0 aliphatic carbocycles. The van der Waals surface area contributed by atoms with Gasteiger partial charge in [-0.3, -0.25) is 4.79 Å². The summed E-state index contributed by atoms with van der Waals surface area (Å²) in [4.78, 5) is 15.7. The molecule has 0 radical (unpaired) electrons. The largest absolute Gasteiger partial charge is 0.416 e. The van der Waals surface area contributed by atoms with Crippen molar-refractivity contribution in [2.45, 2.75) is 12.3 Å². The Morgan fingerprint density at radius 2 is 1.77 bits per heavy atom. The van der Waals surface area contributed by atoms with Gasteiger partial charge in [0.25, 0.3) is 5.91 Å². The second-order valence-corrected chi connectivity index (χ2v) is 8.61. The Balaban J connectivity index is 1.80. The molecule has 0 saturated carbocycles. The number of benzene rings is 1. The van der Waals surface area contributed by atoms with Gasteiger partial charge in [-0.2, -0.15) is 13.2 Å². The highest BCUT2D eigenvalue weighted by Gasteiger charge is 2.44. The smallest absolute Gasteiger partial charge is 0.369 e. The second-order valence-electron chi connectivity index (χ2n) is 6.31. The molecule has 0 bridgehead atoms. The molecule has 0 aromatic heterocycles. The molecule has 2 aliphatic rings. The molecule has 0 spiro atoms. The number of carbonyl (C=O) groups excluding carboxylic acids is 1. The van der Waals surface area contributed by atoms with Crippen LogP contribution in [0.15, 0.2) is 24.3 Å². The van der Waals surface area contributed by atoms with E-state index >= 15 is 0 Å². The molecule has 144 valence electrons. The van der Waals surface area contributed by atoms with Crippen molar-refractivity contribution in [1.29, 1.82) is 0 Å². The lowest BCUT2D eigenvalue weighted by molar-refractivity contribution is -0.233. The van der Waals surface area contributed by atoms with Crippen molar-refractivity contribution in [2.24, 2.45) is 0 Å². The summed E-state index contributed by atoms with van der Waals surface area (Å²) < 4.78 is 66.6. The van der Waals surface area contributed by atoms with Gasteiger partial charge >= 0.3 is 6.18 Å². The minimum atomic E-state index is -4.53. The van der Waals surface area contributed by atoms with Gasteiger partial charge in [0, 0.05) is 25.3 Å². The third-order valence-corrected chi connectivity index (χ3v) is 6.15. The minimum absolute atomic E-state index is 0.0107. The Bertz CT molecular complexity index is 768. The lowest BCUT2D eigenvalue weighted by Gasteiger charge is -2.35. The first-order chi connectivity index (χ1) is 12.2. The van der Waals surface area contributed by atoms with Crippen LogP contribution in [0.2, 0.25) is 0 Å². The van der Waals surface area contributed by atoms with E-state index in [9.17, 15) is 26.4 Å². The fourth-order valence-corrected chi connectivity index (χ4v) is 4.29. The Labute approximate surface area is 149 Å². The average Bonchev–Trinajstić information content (AvgIpc) is 2.60. The second kappa shape index (κ2) is 7.07. The summed E-state index contributed by atoms with van der Waals surface area (Å²) in [6.45, 7) is -0.152. The maximum atomic E-state index is 12.9. The molecule has 1 atom stereocenters. The monoisotopic (exact) mass is 392 g/mol. The number of ether oxygens (including phenoxy) is 1. The van der Waals surface area contributed by atoms with Crippen LogP contribution in [-0.2, 0) is 14.6 Å². The van der Waals surface area contributed by atoms with E-state index in [2.05, 4.69) is 0 Å². The minimum Gasteiger partial charge on any atom is -0.369 e. The van der Waals surface area contributed by atoms with Crippen molar-refractivity contribution in [1.82, 2.24) is 4.90 Å². The molecule has 2 saturated heterocycles. The first kappa shape index (κ1) is 19.0. The maximum Gasteiger partial charge on any atom is 0.416 e. The van der Waals surface area contributed by atoms with Crippen molar-refractivity contribution < 1.29 is 31.1 Å². The van der Waals surface area contributed by atoms with E-state index < -0.39 is 34.6 Å². The van der Waals surface area contributed by atoms with Crippen molar-refractivity contribution in [3.8, 4) is 0 Å². The van der Waals surface area contributed by atoms with Crippen molar-refractivity contribution >= 4 is 21.4 Å². The van der Waals surface area contributed by atoms with E-state index in [1.807, 2.05) is 0 Å². The van der Waals surface area contributed by atoms with Crippen molar-refractivity contribution in [3.05, 3.63) is 29.8 Å². The molecule has 6 nitrogen and oxygen atoms in total. The Morgan fingerprint density at radius 1 is 1.12 bits per heavy atom. The molecule has 3 rings (SSSR count). The van der Waals surface area contributed by atoms with E-state index in [1.54, 1.807) is 29.2 Å². The van der Waals surface area contributed by atoms with Crippen molar-refractivity contribution in [2.75, 3.05) is 49.2 Å². The molecule has 1 aromatic rings. The fraction of sp³-hybridized carbons (Fsp3) is 0.562. The maximum absolute atomic E-state index is 12.9. The number of carbonyl (C=O) groups is 1. The van der Waals surface area contributed by atoms with Crippen LogP contribution in [0.3, 0.4) is 0 Å². The van der Waals surface area contributed by atoms with Crippen LogP contribution in [-0.4, -0.2) is 75.8 Å². The van der Waals surface area contributed by atoms with Crippen LogP contribution in [0.5, 0.6) is 0 Å². The summed E-state index contributed by atoms with van der Waals surface area (Å²) in [5, 5.41) is 0. The van der Waals surface area contributed by atoms with Gasteiger partial charge in [0.05, 0.1) is 30.2 Å². The molecule has 0 unspecified atom stereocenters. The quantitative estimate of drug-likeness (QED) is 0.760. The van der Waals surface area contributed by atoms with Gasteiger partial charge < -0.3 is 14.5 Å².